The first-order valence-corrected chi connectivity index (χ1v) is 10.3. The van der Waals surface area contributed by atoms with Crippen LogP contribution in [0.5, 0.6) is 0 Å². The van der Waals surface area contributed by atoms with E-state index in [-0.39, 0.29) is 6.54 Å². The fraction of sp³-hybridized carbons (Fsp3) is 0.148. The summed E-state index contributed by atoms with van der Waals surface area (Å²) in [6, 6.07) is 30.7. The van der Waals surface area contributed by atoms with Gasteiger partial charge in [-0.05, 0) is 33.5 Å². The lowest BCUT2D eigenvalue weighted by atomic mass is 9.73. The van der Waals surface area contributed by atoms with Gasteiger partial charge < -0.3 is 10.0 Å². The van der Waals surface area contributed by atoms with E-state index in [4.69, 9.17) is 0 Å². The molecular formula is C27H22FNO2. The zero-order valence-corrected chi connectivity index (χ0v) is 16.9. The quantitative estimate of drug-likeness (QED) is 0.449. The van der Waals surface area contributed by atoms with E-state index in [1.807, 2.05) is 78.9 Å². The molecular weight excluding hydrogens is 389 g/mol. The molecule has 0 radical (unpaired) electrons. The number of likely N-dealkylation sites (tertiary alicyclic amines) is 1. The Labute approximate surface area is 180 Å². The van der Waals surface area contributed by atoms with Crippen LogP contribution in [0, 0.1) is 0 Å². The molecule has 0 bridgehead atoms. The molecule has 1 aliphatic rings. The third-order valence-corrected chi connectivity index (χ3v) is 6.10. The number of amides is 1. The zero-order chi connectivity index (χ0) is 21.4. The van der Waals surface area contributed by atoms with Crippen molar-refractivity contribution in [3.63, 3.8) is 0 Å². The molecule has 1 saturated heterocycles. The highest BCUT2D eigenvalue weighted by atomic mass is 19.1. The molecule has 1 fully saturated rings. The van der Waals surface area contributed by atoms with Gasteiger partial charge in [0, 0.05) is 6.54 Å². The number of halogens is 1. The van der Waals surface area contributed by atoms with Crippen LogP contribution in [0.25, 0.3) is 10.8 Å². The predicted octanol–water partition coefficient (Wildman–Crippen LogP) is 5.37. The molecule has 0 aromatic heterocycles. The molecule has 1 aliphatic heterocycles. The number of carbonyl (C=O) groups is 1. The first kappa shape index (κ1) is 19.5. The fourth-order valence-electron chi connectivity index (χ4n) is 4.50. The second kappa shape index (κ2) is 7.64. The van der Waals surface area contributed by atoms with Crippen molar-refractivity contribution in [2.24, 2.45) is 0 Å². The molecule has 3 nitrogen and oxygen atoms in total. The van der Waals surface area contributed by atoms with Gasteiger partial charge in [-0.1, -0.05) is 97.1 Å². The number of fused-ring (bicyclic) bond motifs is 1. The Morgan fingerprint density at radius 3 is 2.16 bits per heavy atom. The predicted molar refractivity (Wildman–Crippen MR) is 119 cm³/mol. The molecule has 4 aromatic rings. The van der Waals surface area contributed by atoms with Gasteiger partial charge in [-0.3, -0.25) is 4.79 Å². The Balaban J connectivity index is 1.54. The number of aliphatic hydroxyl groups excluding tert-OH is 1. The molecule has 4 aromatic carbocycles. The van der Waals surface area contributed by atoms with Gasteiger partial charge in [0.25, 0.3) is 5.91 Å². The topological polar surface area (TPSA) is 40.5 Å². The molecule has 0 aliphatic carbocycles. The van der Waals surface area contributed by atoms with Crippen LogP contribution in [0.2, 0.25) is 0 Å². The number of carbonyl (C=O) groups excluding carboxylic acids is 1. The van der Waals surface area contributed by atoms with Crippen molar-refractivity contribution in [1.29, 1.82) is 0 Å². The van der Waals surface area contributed by atoms with E-state index < -0.39 is 23.7 Å². The van der Waals surface area contributed by atoms with Gasteiger partial charge in [-0.15, -0.1) is 0 Å². The summed E-state index contributed by atoms with van der Waals surface area (Å²) in [5.41, 5.74) is -0.451. The number of rotatable bonds is 5. The van der Waals surface area contributed by atoms with Crippen molar-refractivity contribution in [2.45, 2.75) is 24.4 Å². The van der Waals surface area contributed by atoms with E-state index >= 15 is 4.39 Å². The van der Waals surface area contributed by atoms with E-state index in [2.05, 4.69) is 0 Å². The second-order valence-corrected chi connectivity index (χ2v) is 8.01. The van der Waals surface area contributed by atoms with Crippen LogP contribution in [-0.2, 0) is 11.3 Å². The molecule has 31 heavy (non-hydrogen) atoms. The second-order valence-electron chi connectivity index (χ2n) is 8.01. The summed E-state index contributed by atoms with van der Waals surface area (Å²) < 4.78 is 16.4. The van der Waals surface area contributed by atoms with Gasteiger partial charge >= 0.3 is 0 Å². The highest BCUT2D eigenvalue weighted by Gasteiger charge is 2.66. The van der Waals surface area contributed by atoms with E-state index in [9.17, 15) is 9.90 Å². The first-order valence-electron chi connectivity index (χ1n) is 10.3. The molecule has 1 amide bonds. The zero-order valence-electron chi connectivity index (χ0n) is 16.9. The number of β-lactam (4-membered cyclic amide) rings is 1. The lowest BCUT2D eigenvalue weighted by Gasteiger charge is -2.53. The summed E-state index contributed by atoms with van der Waals surface area (Å²) in [6.45, 7) is 0.287. The Hall–Kier alpha value is -3.50. The van der Waals surface area contributed by atoms with Crippen molar-refractivity contribution < 1.29 is 14.3 Å². The van der Waals surface area contributed by atoms with Gasteiger partial charge in [0.1, 0.15) is 12.1 Å². The monoisotopic (exact) mass is 411 g/mol. The smallest absolute Gasteiger partial charge is 0.266 e. The number of hydrogen-bond acceptors (Lipinski definition) is 2. The molecule has 5 rings (SSSR count). The minimum Gasteiger partial charge on any atom is -0.384 e. The summed E-state index contributed by atoms with van der Waals surface area (Å²) in [7, 11) is 0. The van der Waals surface area contributed by atoms with Crippen molar-refractivity contribution in [3.05, 3.63) is 120 Å². The number of nitrogens with zero attached hydrogens (tertiary/aromatic N) is 1. The molecule has 154 valence electrons. The Kier molecular flexibility index (Phi) is 4.79. The largest absolute Gasteiger partial charge is 0.384 e. The minimum atomic E-state index is -2.43. The average Bonchev–Trinajstić information content (AvgIpc) is 2.83. The fourth-order valence-corrected chi connectivity index (χ4v) is 4.50. The lowest BCUT2D eigenvalue weighted by Crippen LogP contribution is -2.67. The highest BCUT2D eigenvalue weighted by molar-refractivity contribution is 5.94. The number of alkyl halides is 1. The van der Waals surface area contributed by atoms with Crippen LogP contribution < -0.4 is 0 Å². The molecule has 0 saturated carbocycles. The maximum absolute atomic E-state index is 16.4. The first-order chi connectivity index (χ1) is 15.1. The molecule has 3 atom stereocenters. The minimum absolute atomic E-state index is 0.287. The van der Waals surface area contributed by atoms with Crippen molar-refractivity contribution in [3.8, 4) is 0 Å². The van der Waals surface area contributed by atoms with Crippen LogP contribution in [0.1, 0.15) is 28.8 Å². The molecule has 1 unspecified atom stereocenters. The maximum Gasteiger partial charge on any atom is 0.266 e. The van der Waals surface area contributed by atoms with E-state index in [1.165, 1.54) is 4.90 Å². The Bertz CT molecular complexity index is 1230. The van der Waals surface area contributed by atoms with Gasteiger partial charge in [0.2, 0.25) is 5.67 Å². The van der Waals surface area contributed by atoms with Gasteiger partial charge in [0.05, 0.1) is 0 Å². The third kappa shape index (κ3) is 3.20. The summed E-state index contributed by atoms with van der Waals surface area (Å²) in [4.78, 5) is 14.6. The Morgan fingerprint density at radius 1 is 0.839 bits per heavy atom. The maximum atomic E-state index is 16.4. The van der Waals surface area contributed by atoms with Crippen LogP contribution in [-0.4, -0.2) is 21.6 Å². The number of benzene rings is 4. The van der Waals surface area contributed by atoms with Crippen molar-refractivity contribution in [1.82, 2.24) is 4.90 Å². The standard InChI is InChI=1S/C27H22FNO2/c28-27(25(30)23-16-15-20-11-7-8-14-22(20)17-23)24(21-12-5-2-6-13-21)29(26(27)31)18-19-9-3-1-4-10-19/h1-17,24-25,30H,18H2/t24-,25?,27-/m0/s1. The van der Waals surface area contributed by atoms with Gasteiger partial charge in [-0.25, -0.2) is 4.39 Å². The third-order valence-electron chi connectivity index (χ3n) is 6.10. The molecule has 1 heterocycles. The number of aliphatic hydroxyl groups is 1. The number of hydrogen-bond donors (Lipinski definition) is 1. The molecule has 0 spiro atoms. The highest BCUT2D eigenvalue weighted by Crippen LogP contribution is 2.53. The van der Waals surface area contributed by atoms with Crippen LogP contribution in [0.15, 0.2) is 103 Å². The van der Waals surface area contributed by atoms with Crippen LogP contribution in [0.3, 0.4) is 0 Å². The van der Waals surface area contributed by atoms with Crippen molar-refractivity contribution in [2.75, 3.05) is 0 Å². The molecule has 1 N–H and O–H groups in total. The van der Waals surface area contributed by atoms with Crippen LogP contribution >= 0.6 is 0 Å². The van der Waals surface area contributed by atoms with E-state index in [1.54, 1.807) is 24.3 Å². The van der Waals surface area contributed by atoms with Crippen LogP contribution in [0.4, 0.5) is 4.39 Å². The summed E-state index contributed by atoms with van der Waals surface area (Å²) in [6.07, 6.45) is -1.57. The van der Waals surface area contributed by atoms with Gasteiger partial charge in [0.15, 0.2) is 0 Å². The van der Waals surface area contributed by atoms with Gasteiger partial charge in [-0.2, -0.15) is 0 Å². The lowest BCUT2D eigenvalue weighted by molar-refractivity contribution is -0.197. The summed E-state index contributed by atoms with van der Waals surface area (Å²) in [5.74, 6) is -0.689. The van der Waals surface area contributed by atoms with E-state index in [0.29, 0.717) is 11.1 Å². The van der Waals surface area contributed by atoms with Crippen molar-refractivity contribution >= 4 is 16.7 Å². The van der Waals surface area contributed by atoms with E-state index in [0.717, 1.165) is 16.3 Å². The normalized spacial score (nSPS) is 21.7. The summed E-state index contributed by atoms with van der Waals surface area (Å²) >= 11 is 0. The average molecular weight is 411 g/mol. The SMILES string of the molecule is O=C1N(Cc2ccccc2)[C@@H](c2ccccc2)[C@]1(F)C(O)c1ccc2ccccc2c1. The summed E-state index contributed by atoms with van der Waals surface area (Å²) in [5, 5.41) is 13.0. The molecule has 4 heteroatoms. The Morgan fingerprint density at radius 2 is 1.45 bits per heavy atom.